The number of nitrogens with zero attached hydrogens (tertiary/aromatic N) is 2. The lowest BCUT2D eigenvalue weighted by Gasteiger charge is -2.16. The largest absolute Gasteiger partial charge is 0.470 e. The molecule has 0 aromatic carbocycles. The van der Waals surface area contributed by atoms with Crippen molar-refractivity contribution in [3.05, 3.63) is 16.3 Å². The molecule has 1 fully saturated rings. The van der Waals surface area contributed by atoms with E-state index in [1.807, 2.05) is 0 Å². The Morgan fingerprint density at radius 2 is 2.35 bits per heavy atom. The minimum atomic E-state index is -0.456. The van der Waals surface area contributed by atoms with Crippen molar-refractivity contribution in [2.45, 2.75) is 19.3 Å². The van der Waals surface area contributed by atoms with Crippen LogP contribution in [0, 0.1) is 22.0 Å². The fourth-order valence-corrected chi connectivity index (χ4v) is 2.81. The Morgan fingerprint density at radius 3 is 3.00 bits per heavy atom. The van der Waals surface area contributed by atoms with Gasteiger partial charge in [-0.15, -0.1) is 0 Å². The van der Waals surface area contributed by atoms with E-state index in [4.69, 9.17) is 10.5 Å². The molecule has 0 amide bonds. The lowest BCUT2D eigenvalue weighted by molar-refractivity contribution is -0.380. The first-order valence-corrected chi connectivity index (χ1v) is 6.45. The van der Waals surface area contributed by atoms with Gasteiger partial charge in [0.15, 0.2) is 0 Å². The number of nitrogens with two attached hydrogens (primary N) is 1. The number of hydrogen-bond donors (Lipinski definition) is 1. The van der Waals surface area contributed by atoms with Gasteiger partial charge in [0, 0.05) is 0 Å². The summed E-state index contributed by atoms with van der Waals surface area (Å²) in [5, 5.41) is 10.9. The Morgan fingerprint density at radius 1 is 1.59 bits per heavy atom. The normalized spacial score (nSPS) is 23.8. The third kappa shape index (κ3) is 2.92. The highest BCUT2D eigenvalue weighted by atomic mass is 32.1. The maximum atomic E-state index is 10.5. The molecular formula is C10H15N3O3S. The molecule has 0 saturated heterocycles. The quantitative estimate of drug-likeness (QED) is 0.641. The first-order chi connectivity index (χ1) is 8.20. The molecule has 17 heavy (non-hydrogen) atoms. The Labute approximate surface area is 103 Å². The first-order valence-electron chi connectivity index (χ1n) is 5.63. The van der Waals surface area contributed by atoms with E-state index >= 15 is 0 Å². The molecule has 0 spiro atoms. The lowest BCUT2D eigenvalue weighted by Crippen LogP contribution is -2.23. The van der Waals surface area contributed by atoms with Crippen LogP contribution in [0.2, 0.25) is 0 Å². The summed E-state index contributed by atoms with van der Waals surface area (Å²) in [5.74, 6) is 0.980. The topological polar surface area (TPSA) is 91.3 Å². The van der Waals surface area contributed by atoms with Gasteiger partial charge in [0.1, 0.15) is 6.20 Å². The number of thiazole rings is 1. The summed E-state index contributed by atoms with van der Waals surface area (Å²) in [6, 6.07) is 0. The minimum Gasteiger partial charge on any atom is -0.470 e. The van der Waals surface area contributed by atoms with Gasteiger partial charge in [-0.3, -0.25) is 10.1 Å². The highest BCUT2D eigenvalue weighted by Gasteiger charge is 2.27. The van der Waals surface area contributed by atoms with Crippen LogP contribution < -0.4 is 10.5 Å². The average Bonchev–Trinajstić information content (AvgIpc) is 2.95. The Bertz CT molecular complexity index is 396. The third-order valence-electron chi connectivity index (χ3n) is 3.19. The van der Waals surface area contributed by atoms with Crippen molar-refractivity contribution in [3.63, 3.8) is 0 Å². The molecule has 1 aromatic rings. The van der Waals surface area contributed by atoms with E-state index in [2.05, 4.69) is 4.98 Å². The number of aromatic nitrogens is 1. The summed E-state index contributed by atoms with van der Waals surface area (Å²) >= 11 is 0.970. The Kier molecular flexibility index (Phi) is 3.90. The predicted octanol–water partition coefficient (Wildman–Crippen LogP) is 1.81. The van der Waals surface area contributed by atoms with Crippen LogP contribution in [-0.4, -0.2) is 23.1 Å². The zero-order valence-electron chi connectivity index (χ0n) is 9.37. The van der Waals surface area contributed by atoms with Gasteiger partial charge in [0.2, 0.25) is 0 Å². The minimum absolute atomic E-state index is 0.0156. The SMILES string of the molecule is NCC1CCCC1COc1ncc([N+](=O)[O-])s1. The summed E-state index contributed by atoms with van der Waals surface area (Å²) < 4.78 is 5.50. The molecule has 2 unspecified atom stereocenters. The van der Waals surface area contributed by atoms with Crippen LogP contribution in [0.3, 0.4) is 0 Å². The zero-order chi connectivity index (χ0) is 12.3. The number of hydrogen-bond acceptors (Lipinski definition) is 6. The fraction of sp³-hybridized carbons (Fsp3) is 0.700. The molecule has 2 N–H and O–H groups in total. The second-order valence-corrected chi connectivity index (χ2v) is 5.19. The maximum absolute atomic E-state index is 10.5. The monoisotopic (exact) mass is 257 g/mol. The van der Waals surface area contributed by atoms with Gasteiger partial charge in [-0.2, -0.15) is 0 Å². The van der Waals surface area contributed by atoms with Crippen LogP contribution in [0.5, 0.6) is 5.19 Å². The summed E-state index contributed by atoms with van der Waals surface area (Å²) in [6.07, 6.45) is 4.70. The van der Waals surface area contributed by atoms with Crippen molar-refractivity contribution in [2.24, 2.45) is 17.6 Å². The van der Waals surface area contributed by atoms with Crippen LogP contribution in [-0.2, 0) is 0 Å². The molecule has 1 aromatic heterocycles. The predicted molar refractivity (Wildman–Crippen MR) is 64.1 cm³/mol. The van der Waals surface area contributed by atoms with E-state index < -0.39 is 4.92 Å². The van der Waals surface area contributed by atoms with Crippen molar-refractivity contribution >= 4 is 16.3 Å². The van der Waals surface area contributed by atoms with Gasteiger partial charge < -0.3 is 10.5 Å². The van der Waals surface area contributed by atoms with E-state index in [9.17, 15) is 10.1 Å². The molecule has 94 valence electrons. The molecular weight excluding hydrogens is 242 g/mol. The fourth-order valence-electron chi connectivity index (χ4n) is 2.22. The molecule has 1 aliphatic carbocycles. The van der Waals surface area contributed by atoms with Crippen molar-refractivity contribution in [2.75, 3.05) is 13.2 Å². The van der Waals surface area contributed by atoms with E-state index in [0.29, 0.717) is 30.2 Å². The van der Waals surface area contributed by atoms with Crippen LogP contribution in [0.1, 0.15) is 19.3 Å². The van der Waals surface area contributed by atoms with E-state index in [1.54, 1.807) is 0 Å². The highest BCUT2D eigenvalue weighted by molar-refractivity contribution is 7.16. The standard InChI is InChI=1S/C10H15N3O3S/c11-4-7-2-1-3-8(7)6-16-10-12-5-9(17-10)13(14)15/h5,7-8H,1-4,6,11H2. The lowest BCUT2D eigenvalue weighted by atomic mass is 9.97. The maximum Gasteiger partial charge on any atom is 0.347 e. The molecule has 2 rings (SSSR count). The van der Waals surface area contributed by atoms with Crippen LogP contribution in [0.15, 0.2) is 6.20 Å². The number of rotatable bonds is 5. The van der Waals surface area contributed by atoms with Crippen LogP contribution in [0.4, 0.5) is 5.00 Å². The molecule has 1 saturated carbocycles. The molecule has 1 heterocycles. The third-order valence-corrected chi connectivity index (χ3v) is 4.05. The van der Waals surface area contributed by atoms with Crippen molar-refractivity contribution < 1.29 is 9.66 Å². The van der Waals surface area contributed by atoms with Gasteiger partial charge in [0.25, 0.3) is 5.19 Å². The smallest absolute Gasteiger partial charge is 0.347 e. The summed E-state index contributed by atoms with van der Waals surface area (Å²) in [7, 11) is 0. The van der Waals surface area contributed by atoms with Crippen LogP contribution in [0.25, 0.3) is 0 Å². The van der Waals surface area contributed by atoms with Gasteiger partial charge in [-0.25, -0.2) is 4.98 Å². The second kappa shape index (κ2) is 5.42. The Hall–Kier alpha value is -1.21. The molecule has 0 radical (unpaired) electrons. The van der Waals surface area contributed by atoms with Crippen LogP contribution >= 0.6 is 11.3 Å². The van der Waals surface area contributed by atoms with Crippen molar-refractivity contribution in [3.8, 4) is 5.19 Å². The molecule has 0 bridgehead atoms. The van der Waals surface area contributed by atoms with E-state index in [1.165, 1.54) is 12.6 Å². The highest BCUT2D eigenvalue weighted by Crippen LogP contribution is 2.33. The van der Waals surface area contributed by atoms with E-state index in [0.717, 1.165) is 24.2 Å². The summed E-state index contributed by atoms with van der Waals surface area (Å²) in [4.78, 5) is 13.9. The summed E-state index contributed by atoms with van der Waals surface area (Å²) in [5.41, 5.74) is 5.68. The first kappa shape index (κ1) is 12.3. The van der Waals surface area contributed by atoms with Gasteiger partial charge in [-0.1, -0.05) is 6.42 Å². The molecule has 6 nitrogen and oxygen atoms in total. The zero-order valence-corrected chi connectivity index (χ0v) is 10.2. The van der Waals surface area contributed by atoms with Crippen molar-refractivity contribution in [1.29, 1.82) is 0 Å². The number of ether oxygens (including phenoxy) is 1. The van der Waals surface area contributed by atoms with Gasteiger partial charge >= 0.3 is 5.00 Å². The molecule has 7 heteroatoms. The molecule has 0 aliphatic heterocycles. The Balaban J connectivity index is 1.86. The van der Waals surface area contributed by atoms with Gasteiger partial charge in [0.05, 0.1) is 11.5 Å². The molecule has 2 atom stereocenters. The van der Waals surface area contributed by atoms with Crippen molar-refractivity contribution in [1.82, 2.24) is 4.98 Å². The van der Waals surface area contributed by atoms with E-state index in [-0.39, 0.29) is 5.00 Å². The molecule has 1 aliphatic rings. The average molecular weight is 257 g/mol. The summed E-state index contributed by atoms with van der Waals surface area (Å²) in [6.45, 7) is 1.25. The second-order valence-electron chi connectivity index (χ2n) is 4.22. The number of nitro groups is 1. The van der Waals surface area contributed by atoms with Gasteiger partial charge in [-0.05, 0) is 42.6 Å².